The summed E-state index contributed by atoms with van der Waals surface area (Å²) in [6.07, 6.45) is 0.542. The molecule has 1 unspecified atom stereocenters. The van der Waals surface area contributed by atoms with Crippen molar-refractivity contribution in [1.82, 2.24) is 4.90 Å². The Bertz CT molecular complexity index is 737. The Labute approximate surface area is 185 Å². The topological polar surface area (TPSA) is 50.8 Å². The first-order valence-electron chi connectivity index (χ1n) is 11.0. The molecule has 1 N–H and O–H groups in total. The van der Waals surface area contributed by atoms with Crippen molar-refractivity contribution in [3.8, 4) is 0 Å². The molecule has 1 aromatic rings. The summed E-state index contributed by atoms with van der Waals surface area (Å²) in [5.74, 6) is 0. The summed E-state index contributed by atoms with van der Waals surface area (Å²) in [6.45, 7) is 21.5. The summed E-state index contributed by atoms with van der Waals surface area (Å²) in [6, 6.07) is 6.57. The number of nitrogens with zero attached hydrogens (tertiary/aromatic N) is 1. The molecular formula is C24H41N2O3Si. The molecule has 3 atom stereocenters. The molecular weight excluding hydrogens is 392 g/mol. The number of benzene rings is 1. The molecule has 6 heteroatoms. The number of aryl methyl sites for hydroxylation is 2. The van der Waals surface area contributed by atoms with E-state index in [4.69, 9.17) is 9.16 Å². The molecule has 1 amide bonds. The van der Waals surface area contributed by atoms with Crippen LogP contribution in [0.2, 0.25) is 13.1 Å². The van der Waals surface area contributed by atoms with E-state index in [9.17, 15) is 4.79 Å². The van der Waals surface area contributed by atoms with E-state index < -0.39 is 14.6 Å². The molecule has 0 aliphatic carbocycles. The zero-order valence-electron chi connectivity index (χ0n) is 20.6. The second-order valence-electron chi connectivity index (χ2n) is 10.9. The number of likely N-dealkylation sites (tertiary alicyclic amines) is 1. The van der Waals surface area contributed by atoms with Gasteiger partial charge >= 0.3 is 6.09 Å². The van der Waals surface area contributed by atoms with Crippen molar-refractivity contribution in [2.45, 2.75) is 98.7 Å². The molecule has 5 nitrogen and oxygen atoms in total. The second kappa shape index (κ2) is 9.31. The fraction of sp³-hybridized carbons (Fsp3) is 0.708. The van der Waals surface area contributed by atoms with E-state index in [1.54, 1.807) is 0 Å². The van der Waals surface area contributed by atoms with E-state index in [0.29, 0.717) is 6.54 Å². The molecule has 1 radical (unpaired) electrons. The van der Waals surface area contributed by atoms with Crippen LogP contribution in [0.3, 0.4) is 0 Å². The Morgan fingerprint density at radius 2 is 1.80 bits per heavy atom. The fourth-order valence-corrected chi connectivity index (χ4v) is 5.09. The summed E-state index contributed by atoms with van der Waals surface area (Å²) in [5, 5.41) is 3.68. The van der Waals surface area contributed by atoms with Crippen molar-refractivity contribution in [1.29, 1.82) is 0 Å². The van der Waals surface area contributed by atoms with Gasteiger partial charge in [-0.3, -0.25) is 0 Å². The van der Waals surface area contributed by atoms with E-state index in [1.165, 1.54) is 11.1 Å². The minimum atomic E-state index is -0.922. The first-order valence-corrected chi connectivity index (χ1v) is 13.4. The lowest BCUT2D eigenvalue weighted by Crippen LogP contribution is -2.51. The van der Waals surface area contributed by atoms with Crippen molar-refractivity contribution in [2.24, 2.45) is 5.41 Å². The molecule has 1 saturated heterocycles. The lowest BCUT2D eigenvalue weighted by Gasteiger charge is -2.40. The SMILES string of the molecule is Cc1ccc(N[C@H]2C[C@@H](C(O[Si](C)C)C(C)(C)C)N(C(=O)OC(C)(C)C)C2)c(C)c1. The van der Waals surface area contributed by atoms with Crippen LogP contribution in [-0.4, -0.2) is 50.4 Å². The van der Waals surface area contributed by atoms with Crippen LogP contribution in [0.25, 0.3) is 0 Å². The number of carbonyl (C=O) groups excluding carboxylic acids is 1. The van der Waals surface area contributed by atoms with Gasteiger partial charge in [-0.05, 0) is 71.2 Å². The quantitative estimate of drug-likeness (QED) is 0.598. The molecule has 1 aliphatic rings. The molecule has 0 saturated carbocycles. The van der Waals surface area contributed by atoms with E-state index >= 15 is 0 Å². The van der Waals surface area contributed by atoms with Gasteiger partial charge in [0.2, 0.25) is 9.04 Å². The van der Waals surface area contributed by atoms with E-state index in [-0.39, 0.29) is 29.7 Å². The molecule has 2 rings (SSSR count). The first kappa shape index (κ1) is 24.7. The van der Waals surface area contributed by atoms with Gasteiger partial charge in [0.25, 0.3) is 0 Å². The predicted molar refractivity (Wildman–Crippen MR) is 126 cm³/mol. The molecule has 1 aromatic carbocycles. The highest BCUT2D eigenvalue weighted by atomic mass is 28.3. The molecule has 0 bridgehead atoms. The molecule has 1 aliphatic heterocycles. The monoisotopic (exact) mass is 433 g/mol. The average Bonchev–Trinajstić information content (AvgIpc) is 2.96. The van der Waals surface area contributed by atoms with Crippen LogP contribution in [0.4, 0.5) is 10.5 Å². The van der Waals surface area contributed by atoms with Crippen molar-refractivity contribution >= 4 is 20.8 Å². The predicted octanol–water partition coefficient (Wildman–Crippen LogP) is 5.78. The Kier molecular flexibility index (Phi) is 7.67. The van der Waals surface area contributed by atoms with Crippen molar-refractivity contribution < 1.29 is 14.0 Å². The van der Waals surface area contributed by atoms with E-state index in [2.05, 4.69) is 71.2 Å². The highest BCUT2D eigenvalue weighted by Gasteiger charge is 2.46. The Hall–Kier alpha value is -1.53. The smallest absolute Gasteiger partial charge is 0.410 e. The van der Waals surface area contributed by atoms with E-state index in [0.717, 1.165) is 12.1 Å². The third-order valence-corrected chi connectivity index (χ3v) is 6.00. The lowest BCUT2D eigenvalue weighted by atomic mass is 9.83. The van der Waals surface area contributed by atoms with Crippen LogP contribution >= 0.6 is 0 Å². The molecule has 1 fully saturated rings. The highest BCUT2D eigenvalue weighted by Crippen LogP contribution is 2.35. The van der Waals surface area contributed by atoms with Crippen LogP contribution in [0, 0.1) is 19.3 Å². The number of anilines is 1. The molecule has 0 aromatic heterocycles. The second-order valence-corrected chi connectivity index (χ2v) is 13.0. The van der Waals surface area contributed by atoms with Gasteiger partial charge in [-0.2, -0.15) is 0 Å². The summed E-state index contributed by atoms with van der Waals surface area (Å²) in [7, 11) is -0.922. The van der Waals surface area contributed by atoms with Crippen molar-refractivity contribution in [3.05, 3.63) is 29.3 Å². The summed E-state index contributed by atoms with van der Waals surface area (Å²) < 4.78 is 12.2. The van der Waals surface area contributed by atoms with Crippen molar-refractivity contribution in [3.63, 3.8) is 0 Å². The van der Waals surface area contributed by atoms with Crippen LogP contribution in [0.5, 0.6) is 0 Å². The standard InChI is InChI=1S/C24H41N2O3Si/c1-16-11-12-19(17(2)13-16)25-18-14-20(21(23(3,4)5)29-30(9)10)26(15-18)22(27)28-24(6,7)8/h11-13,18,20-21,25H,14-15H2,1-10H3/t18-,20-,21?/m0/s1. The average molecular weight is 434 g/mol. The third kappa shape index (κ3) is 6.74. The minimum absolute atomic E-state index is 0.0250. The summed E-state index contributed by atoms with van der Waals surface area (Å²) in [5.41, 5.74) is 2.99. The fourth-order valence-electron chi connectivity index (χ4n) is 4.07. The minimum Gasteiger partial charge on any atom is -0.444 e. The number of hydrogen-bond acceptors (Lipinski definition) is 4. The maximum Gasteiger partial charge on any atom is 0.410 e. The van der Waals surface area contributed by atoms with Crippen LogP contribution < -0.4 is 5.32 Å². The number of ether oxygens (including phenoxy) is 1. The zero-order valence-corrected chi connectivity index (χ0v) is 21.6. The number of amides is 1. The first-order chi connectivity index (χ1) is 13.7. The number of hydrogen-bond donors (Lipinski definition) is 1. The molecule has 1 heterocycles. The third-order valence-electron chi connectivity index (χ3n) is 5.28. The lowest BCUT2D eigenvalue weighted by molar-refractivity contribution is -0.0133. The van der Waals surface area contributed by atoms with Gasteiger partial charge in [-0.15, -0.1) is 0 Å². The number of nitrogens with one attached hydrogen (secondary N) is 1. The summed E-state index contributed by atoms with van der Waals surface area (Å²) in [4.78, 5) is 15.0. The number of carbonyl (C=O) groups is 1. The largest absolute Gasteiger partial charge is 0.444 e. The van der Waals surface area contributed by atoms with Gasteiger partial charge in [0, 0.05) is 18.3 Å². The van der Waals surface area contributed by atoms with Gasteiger partial charge < -0.3 is 19.4 Å². The highest BCUT2D eigenvalue weighted by molar-refractivity contribution is 6.48. The molecule has 30 heavy (non-hydrogen) atoms. The maximum atomic E-state index is 13.1. The Balaban J connectivity index is 2.31. The molecule has 169 valence electrons. The van der Waals surface area contributed by atoms with Gasteiger partial charge in [-0.1, -0.05) is 38.5 Å². The van der Waals surface area contributed by atoms with Crippen molar-refractivity contribution in [2.75, 3.05) is 11.9 Å². The van der Waals surface area contributed by atoms with E-state index in [1.807, 2.05) is 25.7 Å². The summed E-state index contributed by atoms with van der Waals surface area (Å²) >= 11 is 0. The van der Waals surface area contributed by atoms with Crippen LogP contribution in [0.15, 0.2) is 18.2 Å². The molecule has 0 spiro atoms. The van der Waals surface area contributed by atoms with Crippen LogP contribution in [-0.2, 0) is 9.16 Å². The normalized spacial score (nSPS) is 21.1. The maximum absolute atomic E-state index is 13.1. The van der Waals surface area contributed by atoms with Gasteiger partial charge in [-0.25, -0.2) is 4.79 Å². The Morgan fingerprint density at radius 1 is 1.17 bits per heavy atom. The zero-order chi connectivity index (χ0) is 22.9. The van der Waals surface area contributed by atoms with Gasteiger partial charge in [0.1, 0.15) is 5.60 Å². The van der Waals surface area contributed by atoms with Gasteiger partial charge in [0.15, 0.2) is 0 Å². The van der Waals surface area contributed by atoms with Gasteiger partial charge in [0.05, 0.1) is 12.1 Å². The Morgan fingerprint density at radius 3 is 2.30 bits per heavy atom. The number of rotatable bonds is 5. The van der Waals surface area contributed by atoms with Crippen LogP contribution in [0.1, 0.15) is 59.1 Å².